The number of rotatable bonds is 9. The Labute approximate surface area is 123 Å². The maximum absolute atomic E-state index is 13.0. The lowest BCUT2D eigenvalue weighted by Crippen LogP contribution is -2.28. The third-order valence-electron chi connectivity index (χ3n) is 3.61. The zero-order valence-electron chi connectivity index (χ0n) is 13.3. The second-order valence-corrected chi connectivity index (χ2v) is 5.94. The Morgan fingerprint density at radius 2 is 1.70 bits per heavy atom. The SMILES string of the molecule is CCNC(CCN(C)CCC(C)C)c1ccc(F)cc1. The Kier molecular flexibility index (Phi) is 7.78. The molecule has 3 heteroatoms. The molecule has 0 aliphatic carbocycles. The van der Waals surface area contributed by atoms with E-state index in [1.54, 1.807) is 12.1 Å². The third-order valence-corrected chi connectivity index (χ3v) is 3.61. The molecule has 0 bridgehead atoms. The zero-order chi connectivity index (χ0) is 15.0. The van der Waals surface area contributed by atoms with Crippen LogP contribution in [0.25, 0.3) is 0 Å². The van der Waals surface area contributed by atoms with E-state index in [2.05, 4.69) is 38.0 Å². The monoisotopic (exact) mass is 280 g/mol. The van der Waals surface area contributed by atoms with Crippen molar-refractivity contribution in [2.24, 2.45) is 5.92 Å². The van der Waals surface area contributed by atoms with E-state index in [1.807, 2.05) is 12.1 Å². The highest BCUT2D eigenvalue weighted by Gasteiger charge is 2.11. The molecule has 0 aromatic heterocycles. The molecule has 0 amide bonds. The highest BCUT2D eigenvalue weighted by molar-refractivity contribution is 5.19. The molecule has 0 heterocycles. The molecular formula is C17H29FN2. The maximum atomic E-state index is 13.0. The molecule has 1 aromatic rings. The molecule has 1 N–H and O–H groups in total. The van der Waals surface area contributed by atoms with Gasteiger partial charge in [0, 0.05) is 6.04 Å². The minimum atomic E-state index is -0.168. The summed E-state index contributed by atoms with van der Waals surface area (Å²) in [5.74, 6) is 0.581. The Balaban J connectivity index is 2.48. The molecule has 20 heavy (non-hydrogen) atoms. The quantitative estimate of drug-likeness (QED) is 0.739. The van der Waals surface area contributed by atoms with E-state index in [4.69, 9.17) is 0 Å². The van der Waals surface area contributed by atoms with Gasteiger partial charge in [0.1, 0.15) is 5.82 Å². The Morgan fingerprint density at radius 1 is 1.10 bits per heavy atom. The van der Waals surface area contributed by atoms with Crippen LogP contribution in [0.1, 0.15) is 45.2 Å². The molecule has 1 rings (SSSR count). The second-order valence-electron chi connectivity index (χ2n) is 5.94. The molecule has 1 unspecified atom stereocenters. The number of halogens is 1. The molecule has 1 aromatic carbocycles. The molecule has 0 radical (unpaired) electrons. The van der Waals surface area contributed by atoms with E-state index in [0.29, 0.717) is 6.04 Å². The summed E-state index contributed by atoms with van der Waals surface area (Å²) in [5.41, 5.74) is 1.17. The van der Waals surface area contributed by atoms with Gasteiger partial charge in [0.05, 0.1) is 0 Å². The molecule has 0 aliphatic heterocycles. The fraction of sp³-hybridized carbons (Fsp3) is 0.647. The first-order valence-electron chi connectivity index (χ1n) is 7.70. The van der Waals surface area contributed by atoms with Gasteiger partial charge in [-0.25, -0.2) is 4.39 Å². The van der Waals surface area contributed by atoms with Gasteiger partial charge < -0.3 is 10.2 Å². The summed E-state index contributed by atoms with van der Waals surface area (Å²) in [6, 6.07) is 7.17. The van der Waals surface area contributed by atoms with Crippen LogP contribution >= 0.6 is 0 Å². The first-order valence-corrected chi connectivity index (χ1v) is 7.70. The van der Waals surface area contributed by atoms with Crippen LogP contribution in [0, 0.1) is 11.7 Å². The van der Waals surface area contributed by atoms with Gasteiger partial charge in [0.2, 0.25) is 0 Å². The minimum Gasteiger partial charge on any atom is -0.310 e. The lowest BCUT2D eigenvalue weighted by Gasteiger charge is -2.23. The van der Waals surface area contributed by atoms with Crippen molar-refractivity contribution in [3.8, 4) is 0 Å². The van der Waals surface area contributed by atoms with Crippen molar-refractivity contribution >= 4 is 0 Å². The predicted molar refractivity (Wildman–Crippen MR) is 84.4 cm³/mol. The summed E-state index contributed by atoms with van der Waals surface area (Å²) in [4.78, 5) is 2.38. The summed E-state index contributed by atoms with van der Waals surface area (Å²) < 4.78 is 13.0. The predicted octanol–water partition coefficient (Wildman–Crippen LogP) is 3.84. The van der Waals surface area contributed by atoms with E-state index >= 15 is 0 Å². The van der Waals surface area contributed by atoms with Crippen molar-refractivity contribution in [3.05, 3.63) is 35.6 Å². The molecule has 0 saturated heterocycles. The lowest BCUT2D eigenvalue weighted by atomic mass is 10.0. The fourth-order valence-corrected chi connectivity index (χ4v) is 2.27. The molecule has 0 saturated carbocycles. The van der Waals surface area contributed by atoms with Crippen LogP contribution in [0.2, 0.25) is 0 Å². The smallest absolute Gasteiger partial charge is 0.123 e. The van der Waals surface area contributed by atoms with Crippen molar-refractivity contribution in [2.45, 2.75) is 39.7 Å². The van der Waals surface area contributed by atoms with Crippen LogP contribution in [0.4, 0.5) is 4.39 Å². The first-order chi connectivity index (χ1) is 9.52. The van der Waals surface area contributed by atoms with E-state index in [0.717, 1.165) is 32.0 Å². The normalized spacial score (nSPS) is 13.2. The molecule has 0 fully saturated rings. The van der Waals surface area contributed by atoms with Gasteiger partial charge in [0.25, 0.3) is 0 Å². The molecule has 2 nitrogen and oxygen atoms in total. The first kappa shape index (κ1) is 17.1. The van der Waals surface area contributed by atoms with Crippen LogP contribution in [0.5, 0.6) is 0 Å². The van der Waals surface area contributed by atoms with Gasteiger partial charge in [-0.15, -0.1) is 0 Å². The van der Waals surface area contributed by atoms with Gasteiger partial charge in [-0.1, -0.05) is 32.9 Å². The number of hydrogen-bond acceptors (Lipinski definition) is 2. The highest BCUT2D eigenvalue weighted by Crippen LogP contribution is 2.17. The highest BCUT2D eigenvalue weighted by atomic mass is 19.1. The van der Waals surface area contributed by atoms with Gasteiger partial charge >= 0.3 is 0 Å². The van der Waals surface area contributed by atoms with E-state index < -0.39 is 0 Å². The topological polar surface area (TPSA) is 15.3 Å². The molecule has 1 atom stereocenters. The molecule has 114 valence electrons. The van der Waals surface area contributed by atoms with Crippen LogP contribution < -0.4 is 5.32 Å². The summed E-state index contributed by atoms with van der Waals surface area (Å²) in [6.07, 6.45) is 2.28. The number of benzene rings is 1. The zero-order valence-corrected chi connectivity index (χ0v) is 13.3. The van der Waals surface area contributed by atoms with Crippen molar-refractivity contribution in [2.75, 3.05) is 26.7 Å². The van der Waals surface area contributed by atoms with E-state index in [1.165, 1.54) is 12.0 Å². The Hall–Kier alpha value is -0.930. The summed E-state index contributed by atoms with van der Waals surface area (Å²) in [7, 11) is 2.18. The standard InChI is InChI=1S/C17H29FN2/c1-5-19-17(15-6-8-16(18)9-7-15)11-13-20(4)12-10-14(2)3/h6-9,14,17,19H,5,10-13H2,1-4H3. The van der Waals surface area contributed by atoms with E-state index in [-0.39, 0.29) is 5.82 Å². The summed E-state index contributed by atoms with van der Waals surface area (Å²) in [5, 5.41) is 3.49. The lowest BCUT2D eigenvalue weighted by molar-refractivity contribution is 0.290. The van der Waals surface area contributed by atoms with Crippen LogP contribution in [0.15, 0.2) is 24.3 Å². The Bertz CT molecular complexity index is 362. The van der Waals surface area contributed by atoms with Gasteiger partial charge in [-0.2, -0.15) is 0 Å². The van der Waals surface area contributed by atoms with Crippen LogP contribution in [-0.2, 0) is 0 Å². The number of hydrogen-bond donors (Lipinski definition) is 1. The van der Waals surface area contributed by atoms with Crippen molar-refractivity contribution in [1.29, 1.82) is 0 Å². The third kappa shape index (κ3) is 6.49. The number of nitrogens with zero attached hydrogens (tertiary/aromatic N) is 1. The van der Waals surface area contributed by atoms with Crippen LogP contribution in [-0.4, -0.2) is 31.6 Å². The fourth-order valence-electron chi connectivity index (χ4n) is 2.27. The van der Waals surface area contributed by atoms with Gasteiger partial charge in [-0.3, -0.25) is 0 Å². The summed E-state index contributed by atoms with van der Waals surface area (Å²) in [6.45, 7) is 9.75. The Morgan fingerprint density at radius 3 is 2.25 bits per heavy atom. The van der Waals surface area contributed by atoms with Crippen molar-refractivity contribution < 1.29 is 4.39 Å². The van der Waals surface area contributed by atoms with Gasteiger partial charge in [0.15, 0.2) is 0 Å². The molecule has 0 aliphatic rings. The molecule has 0 spiro atoms. The number of nitrogens with one attached hydrogen (secondary N) is 1. The molecular weight excluding hydrogens is 251 g/mol. The van der Waals surface area contributed by atoms with Gasteiger partial charge in [-0.05, 0) is 63.1 Å². The summed E-state index contributed by atoms with van der Waals surface area (Å²) >= 11 is 0. The van der Waals surface area contributed by atoms with E-state index in [9.17, 15) is 4.39 Å². The second kappa shape index (κ2) is 9.09. The average molecular weight is 280 g/mol. The van der Waals surface area contributed by atoms with Crippen LogP contribution in [0.3, 0.4) is 0 Å². The van der Waals surface area contributed by atoms with Crippen molar-refractivity contribution in [3.63, 3.8) is 0 Å². The minimum absolute atomic E-state index is 0.168. The largest absolute Gasteiger partial charge is 0.310 e. The maximum Gasteiger partial charge on any atom is 0.123 e. The average Bonchev–Trinajstić information content (AvgIpc) is 2.42. The van der Waals surface area contributed by atoms with Crippen molar-refractivity contribution in [1.82, 2.24) is 10.2 Å².